The van der Waals surface area contributed by atoms with Crippen LogP contribution in [-0.4, -0.2) is 44.5 Å². The Bertz CT molecular complexity index is 880. The molecule has 1 amide bonds. The predicted octanol–water partition coefficient (Wildman–Crippen LogP) is 3.58. The van der Waals surface area contributed by atoms with Gasteiger partial charge in [0, 0.05) is 5.56 Å². The lowest BCUT2D eigenvalue weighted by molar-refractivity contribution is -0.145. The Morgan fingerprint density at radius 3 is 2.39 bits per heavy atom. The first-order chi connectivity index (χ1) is 15.1. The molecule has 0 unspecified atom stereocenters. The number of nitrogens with one attached hydrogen (secondary N) is 1. The van der Waals surface area contributed by atoms with Crippen molar-refractivity contribution in [1.82, 2.24) is 5.43 Å². The van der Waals surface area contributed by atoms with Gasteiger partial charge in [0.05, 0.1) is 26.0 Å². The van der Waals surface area contributed by atoms with Gasteiger partial charge in [0.2, 0.25) is 0 Å². The number of esters is 1. The number of carbonyl (C=O) groups is 2. The van der Waals surface area contributed by atoms with Crippen LogP contribution in [0.15, 0.2) is 47.6 Å². The Labute approximate surface area is 182 Å². The van der Waals surface area contributed by atoms with E-state index in [2.05, 4.69) is 10.5 Å². The van der Waals surface area contributed by atoms with Crippen molar-refractivity contribution in [1.29, 1.82) is 0 Å². The quantitative estimate of drug-likeness (QED) is 0.315. The van der Waals surface area contributed by atoms with Crippen molar-refractivity contribution in [3.05, 3.63) is 53.6 Å². The van der Waals surface area contributed by atoms with Crippen molar-refractivity contribution in [2.45, 2.75) is 27.2 Å². The number of benzene rings is 2. The molecule has 0 aromatic heterocycles. The van der Waals surface area contributed by atoms with E-state index in [0.717, 1.165) is 12.2 Å². The van der Waals surface area contributed by atoms with Crippen LogP contribution >= 0.6 is 0 Å². The zero-order valence-corrected chi connectivity index (χ0v) is 18.1. The zero-order valence-electron chi connectivity index (χ0n) is 18.1. The van der Waals surface area contributed by atoms with Gasteiger partial charge < -0.3 is 18.9 Å². The third-order valence-electron chi connectivity index (χ3n) is 3.89. The maximum absolute atomic E-state index is 12.2. The summed E-state index contributed by atoms with van der Waals surface area (Å²) < 4.78 is 21.4. The number of hydrogen-bond donors (Lipinski definition) is 1. The fourth-order valence-corrected chi connectivity index (χ4v) is 2.48. The third-order valence-corrected chi connectivity index (χ3v) is 3.89. The van der Waals surface area contributed by atoms with E-state index in [1.807, 2.05) is 13.8 Å². The molecule has 2 rings (SSSR count). The number of rotatable bonds is 12. The lowest BCUT2D eigenvalue weighted by atomic mass is 10.2. The molecule has 0 heterocycles. The number of hydrazone groups is 1. The van der Waals surface area contributed by atoms with E-state index in [-0.39, 0.29) is 12.5 Å². The lowest BCUT2D eigenvalue weighted by Crippen LogP contribution is -2.17. The first-order valence-electron chi connectivity index (χ1n) is 10.2. The molecule has 31 heavy (non-hydrogen) atoms. The van der Waals surface area contributed by atoms with Crippen molar-refractivity contribution >= 4 is 18.1 Å². The number of ether oxygens (including phenoxy) is 4. The van der Waals surface area contributed by atoms with E-state index in [9.17, 15) is 9.59 Å². The molecule has 0 bridgehead atoms. The van der Waals surface area contributed by atoms with Crippen molar-refractivity contribution in [2.75, 3.05) is 26.4 Å². The van der Waals surface area contributed by atoms with Crippen molar-refractivity contribution < 1.29 is 28.5 Å². The van der Waals surface area contributed by atoms with Crippen LogP contribution in [0.3, 0.4) is 0 Å². The van der Waals surface area contributed by atoms with Gasteiger partial charge >= 0.3 is 5.97 Å². The summed E-state index contributed by atoms with van der Waals surface area (Å²) in [7, 11) is 0. The first-order valence-corrected chi connectivity index (χ1v) is 10.2. The molecule has 0 aliphatic heterocycles. The molecule has 0 atom stereocenters. The van der Waals surface area contributed by atoms with Crippen molar-refractivity contribution in [3.8, 4) is 17.2 Å². The number of hydrogen-bond acceptors (Lipinski definition) is 7. The summed E-state index contributed by atoms with van der Waals surface area (Å²) in [5.41, 5.74) is 3.65. The van der Waals surface area contributed by atoms with Crippen LogP contribution in [0.5, 0.6) is 17.2 Å². The second kappa shape index (κ2) is 12.9. The fraction of sp³-hybridized carbons (Fsp3) is 0.348. The van der Waals surface area contributed by atoms with Gasteiger partial charge in [-0.05, 0) is 68.3 Å². The van der Waals surface area contributed by atoms with Gasteiger partial charge in [0.15, 0.2) is 18.1 Å². The third kappa shape index (κ3) is 8.00. The minimum absolute atomic E-state index is 0.209. The van der Waals surface area contributed by atoms with E-state index in [0.29, 0.717) is 42.4 Å². The molecule has 0 aliphatic carbocycles. The molecule has 0 aliphatic rings. The van der Waals surface area contributed by atoms with E-state index in [4.69, 9.17) is 18.9 Å². The minimum atomic E-state index is -0.455. The molecule has 2 aromatic carbocycles. The maximum atomic E-state index is 12.2. The standard InChI is InChI=1S/C23H28N2O6/c1-4-13-30-19-10-8-18(9-11-19)23(27)25-24-15-17-7-12-20(21(14-17)28-5-2)31-16-22(26)29-6-3/h7-12,14-15H,4-6,13,16H2,1-3H3,(H,25,27)/b24-15+. The van der Waals surface area contributed by atoms with E-state index in [1.54, 1.807) is 49.4 Å². The Hall–Kier alpha value is -3.55. The van der Waals surface area contributed by atoms with E-state index >= 15 is 0 Å². The Morgan fingerprint density at radius 1 is 0.935 bits per heavy atom. The molecule has 0 saturated heterocycles. The Morgan fingerprint density at radius 2 is 1.71 bits per heavy atom. The fourth-order valence-electron chi connectivity index (χ4n) is 2.48. The molecule has 8 nitrogen and oxygen atoms in total. The van der Waals surface area contributed by atoms with Gasteiger partial charge in [-0.3, -0.25) is 4.79 Å². The van der Waals surface area contributed by atoms with Crippen LogP contribution in [0.4, 0.5) is 0 Å². The van der Waals surface area contributed by atoms with Crippen LogP contribution in [0.25, 0.3) is 0 Å². The highest BCUT2D eigenvalue weighted by Gasteiger charge is 2.10. The van der Waals surface area contributed by atoms with Crippen LogP contribution in [0.1, 0.15) is 43.1 Å². The second-order valence-corrected chi connectivity index (χ2v) is 6.30. The second-order valence-electron chi connectivity index (χ2n) is 6.30. The molecular weight excluding hydrogens is 400 g/mol. The smallest absolute Gasteiger partial charge is 0.344 e. The SMILES string of the molecule is CCCOc1ccc(C(=O)N/N=C/c2ccc(OCC(=O)OCC)c(OCC)c2)cc1. The number of nitrogens with zero attached hydrogens (tertiary/aromatic N) is 1. The number of carbonyl (C=O) groups excluding carboxylic acids is 2. The highest BCUT2D eigenvalue weighted by atomic mass is 16.6. The van der Waals surface area contributed by atoms with E-state index < -0.39 is 5.97 Å². The molecule has 0 fully saturated rings. The summed E-state index contributed by atoms with van der Waals surface area (Å²) in [6, 6.07) is 12.0. The number of amides is 1. The highest BCUT2D eigenvalue weighted by molar-refractivity contribution is 5.95. The van der Waals surface area contributed by atoms with Gasteiger partial charge in [0.25, 0.3) is 5.91 Å². The summed E-state index contributed by atoms with van der Waals surface area (Å²) in [6.07, 6.45) is 2.41. The van der Waals surface area contributed by atoms with Crippen LogP contribution in [-0.2, 0) is 9.53 Å². The topological polar surface area (TPSA) is 95.5 Å². The Kier molecular flexibility index (Phi) is 9.87. The van der Waals surface area contributed by atoms with Crippen molar-refractivity contribution in [3.63, 3.8) is 0 Å². The largest absolute Gasteiger partial charge is 0.494 e. The first kappa shape index (κ1) is 23.7. The summed E-state index contributed by atoms with van der Waals surface area (Å²) in [5, 5.41) is 3.99. The average molecular weight is 428 g/mol. The lowest BCUT2D eigenvalue weighted by Gasteiger charge is -2.12. The van der Waals surface area contributed by atoms with Gasteiger partial charge in [0.1, 0.15) is 5.75 Å². The molecule has 0 radical (unpaired) electrons. The Balaban J connectivity index is 1.97. The molecule has 0 spiro atoms. The molecule has 2 aromatic rings. The van der Waals surface area contributed by atoms with Crippen LogP contribution < -0.4 is 19.6 Å². The zero-order chi connectivity index (χ0) is 22.5. The highest BCUT2D eigenvalue weighted by Crippen LogP contribution is 2.28. The maximum Gasteiger partial charge on any atom is 0.344 e. The average Bonchev–Trinajstić information content (AvgIpc) is 2.78. The molecule has 0 saturated carbocycles. The van der Waals surface area contributed by atoms with Gasteiger partial charge in [-0.2, -0.15) is 5.10 Å². The summed E-state index contributed by atoms with van der Waals surface area (Å²) >= 11 is 0. The van der Waals surface area contributed by atoms with Crippen molar-refractivity contribution in [2.24, 2.45) is 5.10 Å². The minimum Gasteiger partial charge on any atom is -0.494 e. The van der Waals surface area contributed by atoms with Crippen LogP contribution in [0.2, 0.25) is 0 Å². The molecule has 1 N–H and O–H groups in total. The summed E-state index contributed by atoms with van der Waals surface area (Å²) in [4.78, 5) is 23.7. The normalized spacial score (nSPS) is 10.5. The van der Waals surface area contributed by atoms with Gasteiger partial charge in [-0.15, -0.1) is 0 Å². The van der Waals surface area contributed by atoms with Gasteiger partial charge in [-0.25, -0.2) is 10.2 Å². The van der Waals surface area contributed by atoms with Crippen LogP contribution in [0, 0.1) is 0 Å². The molecular formula is C23H28N2O6. The molecule has 166 valence electrons. The molecule has 8 heteroatoms. The predicted molar refractivity (Wildman–Crippen MR) is 117 cm³/mol. The summed E-state index contributed by atoms with van der Waals surface area (Å²) in [6.45, 7) is 6.73. The summed E-state index contributed by atoms with van der Waals surface area (Å²) in [5.74, 6) is 0.808. The van der Waals surface area contributed by atoms with E-state index in [1.165, 1.54) is 6.21 Å². The monoisotopic (exact) mass is 428 g/mol. The van der Waals surface area contributed by atoms with Gasteiger partial charge in [-0.1, -0.05) is 6.92 Å².